The fourth-order valence-corrected chi connectivity index (χ4v) is 4.95. The Morgan fingerprint density at radius 1 is 0.585 bits per heavy atom. The summed E-state index contributed by atoms with van der Waals surface area (Å²) in [5, 5.41) is 0. The first-order valence-corrected chi connectivity index (χ1v) is 14.2. The number of nitrogens with zero attached hydrogens (tertiary/aromatic N) is 3. The van der Waals surface area contributed by atoms with Crippen molar-refractivity contribution in [1.29, 1.82) is 0 Å². The molecule has 0 N–H and O–H groups in total. The third-order valence-electron chi connectivity index (χ3n) is 6.75. The number of aryl methyl sites for hydroxylation is 5. The fourth-order valence-electron chi connectivity index (χ4n) is 4.95. The second-order valence-corrected chi connectivity index (χ2v) is 10.2. The van der Waals surface area contributed by atoms with Gasteiger partial charge in [0, 0.05) is 0 Å². The number of pyridine rings is 1. The van der Waals surface area contributed by atoms with Crippen molar-refractivity contribution in [2.24, 2.45) is 9.98 Å². The Morgan fingerprint density at radius 3 is 1.15 bits per heavy atom. The molecule has 0 aliphatic rings. The second-order valence-electron chi connectivity index (χ2n) is 10.2. The molecule has 3 nitrogen and oxygen atoms in total. The predicted molar refractivity (Wildman–Crippen MR) is 162 cm³/mol. The number of halogens is 3. The van der Waals surface area contributed by atoms with Crippen LogP contribution in [0.3, 0.4) is 0 Å². The summed E-state index contributed by atoms with van der Waals surface area (Å²) < 4.78 is 0. The molecule has 0 amide bonds. The maximum absolute atomic E-state index is 5.18. The van der Waals surface area contributed by atoms with E-state index < -0.39 is 0 Å². The van der Waals surface area contributed by atoms with E-state index in [1.165, 1.54) is 27.8 Å². The van der Waals surface area contributed by atoms with Crippen LogP contribution in [0, 0.1) is 47.8 Å². The van der Waals surface area contributed by atoms with Gasteiger partial charge in [0.05, 0.1) is 34.2 Å². The third-order valence-corrected chi connectivity index (χ3v) is 6.75. The standard InChI is InChI=1S/C34H45N3.3ClH.Nd/c1-8-14-27-18-12-19-28(15-9-2)33(27)35-25(6)31-22-24(5)23-32(37-31)26(7)36-34-29(16-10-3)20-13-21-30(34)17-11-4;;;;/h12-13,18-23H,8-11,14-17H2,1-7H3;3*1H;/q;;;;+3/p-3. The second kappa shape index (κ2) is 21.8. The number of hydrogen-bond acceptors (Lipinski definition) is 3. The van der Waals surface area contributed by atoms with Crippen LogP contribution in [0.4, 0.5) is 11.4 Å². The Morgan fingerprint density at radius 2 is 0.878 bits per heavy atom. The van der Waals surface area contributed by atoms with Crippen LogP contribution in [0.5, 0.6) is 0 Å². The topological polar surface area (TPSA) is 37.6 Å². The van der Waals surface area contributed by atoms with Crippen molar-refractivity contribution in [3.63, 3.8) is 0 Å². The van der Waals surface area contributed by atoms with Crippen LogP contribution in [-0.4, -0.2) is 16.4 Å². The Hall–Kier alpha value is -0.849. The summed E-state index contributed by atoms with van der Waals surface area (Å²) >= 11 is 0. The number of aromatic nitrogens is 1. The van der Waals surface area contributed by atoms with Crippen LogP contribution < -0.4 is 37.2 Å². The van der Waals surface area contributed by atoms with E-state index in [4.69, 9.17) is 15.0 Å². The predicted octanol–water partition coefficient (Wildman–Crippen LogP) is 0.493. The van der Waals surface area contributed by atoms with Crippen molar-refractivity contribution in [1.82, 2.24) is 4.98 Å². The van der Waals surface area contributed by atoms with Gasteiger partial charge in [-0.15, -0.1) is 0 Å². The molecule has 221 valence electrons. The molecule has 0 saturated heterocycles. The minimum atomic E-state index is 0. The summed E-state index contributed by atoms with van der Waals surface area (Å²) in [5.74, 6) is 0. The Kier molecular flexibility index (Phi) is 22.5. The molecule has 0 unspecified atom stereocenters. The quantitative estimate of drug-likeness (QED) is 0.249. The third kappa shape index (κ3) is 12.0. The smallest absolute Gasteiger partial charge is 1.00 e. The zero-order valence-electron chi connectivity index (χ0n) is 25.8. The summed E-state index contributed by atoms with van der Waals surface area (Å²) in [4.78, 5) is 15.4. The maximum atomic E-state index is 5.18. The van der Waals surface area contributed by atoms with E-state index in [1.54, 1.807) is 0 Å². The van der Waals surface area contributed by atoms with Crippen molar-refractivity contribution in [2.45, 2.75) is 99.8 Å². The number of aliphatic imine (C=N–C) groups is 2. The molecule has 1 aromatic heterocycles. The van der Waals surface area contributed by atoms with Crippen LogP contribution in [0.2, 0.25) is 0 Å². The van der Waals surface area contributed by atoms with Crippen LogP contribution in [0.25, 0.3) is 0 Å². The minimum absolute atomic E-state index is 0. The molecule has 2 aromatic carbocycles. The average molecular weight is 746 g/mol. The number of benzene rings is 2. The Bertz CT molecular complexity index is 1130. The first-order chi connectivity index (χ1) is 17.9. The number of para-hydroxylation sites is 2. The normalized spacial score (nSPS) is 11.1. The SMILES string of the molecule is CCCc1cccc(CCC)c1N=C(C)c1cc(C)cc(C(C)=Nc2c(CCC)cccc2CCC)n1.[Cl-].[Cl-].[Cl-].[Nd+3]. The molecule has 0 bridgehead atoms. The van der Waals surface area contributed by atoms with Crippen molar-refractivity contribution in [2.75, 3.05) is 0 Å². The van der Waals surface area contributed by atoms with Gasteiger partial charge in [-0.1, -0.05) is 89.8 Å². The van der Waals surface area contributed by atoms with Crippen LogP contribution in [0.1, 0.15) is 106 Å². The monoisotopic (exact) mass is 742 g/mol. The molecule has 1 heterocycles. The van der Waals surface area contributed by atoms with Gasteiger partial charge in [-0.3, -0.25) is 9.98 Å². The van der Waals surface area contributed by atoms with Crippen molar-refractivity contribution in [3.05, 3.63) is 87.7 Å². The van der Waals surface area contributed by atoms with Gasteiger partial charge in [-0.2, -0.15) is 0 Å². The van der Waals surface area contributed by atoms with E-state index in [9.17, 15) is 0 Å². The summed E-state index contributed by atoms with van der Waals surface area (Å²) in [6.45, 7) is 15.2. The molecule has 7 heteroatoms. The minimum Gasteiger partial charge on any atom is -1.00 e. The molecular weight excluding hydrogens is 701 g/mol. The fraction of sp³-hybridized carbons (Fsp3) is 0.441. The largest absolute Gasteiger partial charge is 3.00 e. The number of rotatable bonds is 12. The number of hydrogen-bond donors (Lipinski definition) is 0. The molecule has 0 saturated carbocycles. The van der Waals surface area contributed by atoms with Crippen LogP contribution in [-0.2, 0) is 25.7 Å². The summed E-state index contributed by atoms with van der Waals surface area (Å²) in [7, 11) is 0. The van der Waals surface area contributed by atoms with E-state index in [1.807, 2.05) is 0 Å². The molecule has 0 spiro atoms. The van der Waals surface area contributed by atoms with Gasteiger partial charge in [0.15, 0.2) is 0 Å². The molecular formula is C34H45Cl3N3Nd. The Balaban J connectivity index is 0. The molecule has 1 radical (unpaired) electrons. The van der Waals surface area contributed by atoms with Gasteiger partial charge in [0.1, 0.15) is 0 Å². The van der Waals surface area contributed by atoms with Gasteiger partial charge in [0.2, 0.25) is 0 Å². The van der Waals surface area contributed by atoms with Gasteiger partial charge in [-0.05, 0) is 86.4 Å². The van der Waals surface area contributed by atoms with E-state index in [0.29, 0.717) is 0 Å². The van der Waals surface area contributed by atoms with Crippen LogP contribution in [0.15, 0.2) is 58.5 Å². The van der Waals surface area contributed by atoms with E-state index >= 15 is 0 Å². The van der Waals surface area contributed by atoms with E-state index in [0.717, 1.165) is 85.6 Å². The molecule has 3 rings (SSSR count). The van der Waals surface area contributed by atoms with Gasteiger partial charge in [-0.25, -0.2) is 4.98 Å². The average Bonchev–Trinajstić information content (AvgIpc) is 2.87. The molecule has 0 aliphatic heterocycles. The van der Waals surface area contributed by atoms with Gasteiger partial charge < -0.3 is 37.2 Å². The zero-order valence-corrected chi connectivity index (χ0v) is 31.2. The molecule has 3 aromatic rings. The van der Waals surface area contributed by atoms with Gasteiger partial charge in [0.25, 0.3) is 0 Å². The van der Waals surface area contributed by atoms with Crippen molar-refractivity contribution >= 4 is 22.8 Å². The molecule has 0 fully saturated rings. The Labute approximate surface area is 300 Å². The molecule has 41 heavy (non-hydrogen) atoms. The first kappa shape index (κ1) is 42.3. The van der Waals surface area contributed by atoms with E-state index in [2.05, 4.69) is 97.0 Å². The molecule has 0 atom stereocenters. The van der Waals surface area contributed by atoms with Gasteiger partial charge >= 0.3 is 40.8 Å². The maximum Gasteiger partial charge on any atom is 3.00 e. The zero-order chi connectivity index (χ0) is 26.8. The first-order valence-electron chi connectivity index (χ1n) is 14.2. The van der Waals surface area contributed by atoms with Crippen LogP contribution >= 0.6 is 0 Å². The van der Waals surface area contributed by atoms with Crippen molar-refractivity contribution < 1.29 is 78.1 Å². The summed E-state index contributed by atoms with van der Waals surface area (Å²) in [6, 6.07) is 17.5. The van der Waals surface area contributed by atoms with E-state index in [-0.39, 0.29) is 78.1 Å². The van der Waals surface area contributed by atoms with Crippen molar-refractivity contribution in [3.8, 4) is 0 Å². The summed E-state index contributed by atoms with van der Waals surface area (Å²) in [6.07, 6.45) is 8.60. The molecule has 0 aliphatic carbocycles. The summed E-state index contributed by atoms with van der Waals surface area (Å²) in [5.41, 5.74) is 12.5.